The molecule has 12 heteroatoms. The Morgan fingerprint density at radius 3 is 2.23 bits per heavy atom. The second kappa shape index (κ2) is 14.6. The molecule has 266 valence electrons. The first kappa shape index (κ1) is 34.9. The van der Waals surface area contributed by atoms with Crippen LogP contribution in [0.5, 0.6) is 11.5 Å². The normalized spacial score (nSPS) is 14.0. The summed E-state index contributed by atoms with van der Waals surface area (Å²) in [6.45, 7) is 3.59. The fourth-order valence-corrected chi connectivity index (χ4v) is 7.66. The van der Waals surface area contributed by atoms with Crippen LogP contribution in [0.2, 0.25) is 0 Å². The molecule has 0 aliphatic carbocycles. The lowest BCUT2D eigenvalue weighted by Crippen LogP contribution is -2.40. The molecule has 0 amide bonds. The average molecular weight is 727 g/mol. The zero-order valence-corrected chi connectivity index (χ0v) is 30.1. The minimum atomic E-state index is -0.921. The molecule has 0 unspecified atom stereocenters. The first-order valence-electron chi connectivity index (χ1n) is 16.8. The first-order valence-corrected chi connectivity index (χ1v) is 17.6. The molecule has 0 saturated carbocycles. The Labute approximate surface area is 308 Å². The lowest BCUT2D eigenvalue weighted by atomic mass is 9.94. The lowest BCUT2D eigenvalue weighted by Gasteiger charge is -2.26. The van der Waals surface area contributed by atoms with Crippen LogP contribution in [0.25, 0.3) is 34.3 Å². The van der Waals surface area contributed by atoms with Gasteiger partial charge in [-0.2, -0.15) is 0 Å². The Bertz CT molecular complexity index is 2570. The maximum absolute atomic E-state index is 14.7. The lowest BCUT2D eigenvalue weighted by molar-refractivity contribution is -0.384. The van der Waals surface area contributed by atoms with Crippen molar-refractivity contribution < 1.29 is 23.9 Å². The molecule has 0 fully saturated rings. The molecule has 0 bridgehead atoms. The van der Waals surface area contributed by atoms with Crippen molar-refractivity contribution in [3.8, 4) is 39.7 Å². The quantitative estimate of drug-likeness (QED) is 0.0859. The number of thiazole rings is 1. The Morgan fingerprint density at radius 1 is 0.925 bits per heavy atom. The highest BCUT2D eigenvalue weighted by molar-refractivity contribution is 7.07. The molecule has 4 aromatic carbocycles. The summed E-state index contributed by atoms with van der Waals surface area (Å²) < 4.78 is 20.7. The number of nitro benzene ring substituents is 1. The van der Waals surface area contributed by atoms with E-state index in [-0.39, 0.29) is 23.4 Å². The zero-order valence-electron chi connectivity index (χ0n) is 29.3. The van der Waals surface area contributed by atoms with Crippen LogP contribution < -0.4 is 24.4 Å². The van der Waals surface area contributed by atoms with Gasteiger partial charge < -0.3 is 18.8 Å². The van der Waals surface area contributed by atoms with E-state index in [1.54, 1.807) is 51.3 Å². The second-order valence-electron chi connectivity index (χ2n) is 12.1. The number of rotatable bonds is 10. The molecular formula is C41H34N4O7S. The summed E-state index contributed by atoms with van der Waals surface area (Å²) in [5.74, 6) is 0.396. The molecule has 7 rings (SSSR count). The highest BCUT2D eigenvalue weighted by Gasteiger charge is 2.35. The molecule has 1 atom stereocenters. The number of methoxy groups -OCH3 is 2. The number of aromatic nitrogens is 2. The Kier molecular flexibility index (Phi) is 9.62. The van der Waals surface area contributed by atoms with Crippen molar-refractivity contribution in [1.82, 2.24) is 9.13 Å². The molecule has 6 aromatic rings. The number of nitrogens with zero attached hydrogens (tertiary/aromatic N) is 4. The van der Waals surface area contributed by atoms with E-state index >= 15 is 0 Å². The predicted octanol–water partition coefficient (Wildman–Crippen LogP) is 6.85. The summed E-state index contributed by atoms with van der Waals surface area (Å²) in [6.07, 6.45) is 1.84. The maximum Gasteiger partial charge on any atom is 0.338 e. The number of ether oxygens (including phenoxy) is 3. The first-order chi connectivity index (χ1) is 25.7. The molecule has 0 saturated heterocycles. The number of esters is 1. The predicted molar refractivity (Wildman–Crippen MR) is 203 cm³/mol. The number of carbonyl (C=O) groups excluding carboxylic acids is 1. The van der Waals surface area contributed by atoms with Gasteiger partial charge in [0.25, 0.3) is 11.2 Å². The summed E-state index contributed by atoms with van der Waals surface area (Å²) >= 11 is 1.21. The molecular weight excluding hydrogens is 693 g/mol. The molecule has 2 aromatic heterocycles. The van der Waals surface area contributed by atoms with E-state index in [4.69, 9.17) is 19.2 Å². The second-order valence-corrected chi connectivity index (χ2v) is 13.1. The molecule has 11 nitrogen and oxygen atoms in total. The van der Waals surface area contributed by atoms with Crippen LogP contribution in [0.3, 0.4) is 0 Å². The van der Waals surface area contributed by atoms with Gasteiger partial charge in [-0.1, -0.05) is 72.0 Å². The number of carbonyl (C=O) groups is 1. The van der Waals surface area contributed by atoms with Crippen LogP contribution in [-0.4, -0.2) is 40.9 Å². The average Bonchev–Trinajstić information content (AvgIpc) is 3.71. The van der Waals surface area contributed by atoms with Gasteiger partial charge in [-0.3, -0.25) is 19.5 Å². The fourth-order valence-electron chi connectivity index (χ4n) is 6.62. The Balaban J connectivity index is 1.52. The van der Waals surface area contributed by atoms with E-state index in [0.717, 1.165) is 28.1 Å². The van der Waals surface area contributed by atoms with Gasteiger partial charge in [0, 0.05) is 28.9 Å². The molecule has 3 heterocycles. The van der Waals surface area contributed by atoms with E-state index in [1.165, 1.54) is 35.1 Å². The van der Waals surface area contributed by atoms with E-state index in [9.17, 15) is 19.7 Å². The Morgan fingerprint density at radius 2 is 1.60 bits per heavy atom. The SMILES string of the molecule is CCOC(=O)C1=C(C)N=c2s/c(=C\c3cc(-c4ccccc4)n(-c4ccc([N+](=O)[O-])cc4)c3-c3ccccc3)c(=O)n2[C@@H]1c1cc(OC)ccc1OC. The van der Waals surface area contributed by atoms with Crippen molar-refractivity contribution in [3.05, 3.63) is 161 Å². The van der Waals surface area contributed by atoms with Crippen LogP contribution in [0.4, 0.5) is 5.69 Å². The van der Waals surface area contributed by atoms with Gasteiger partial charge in [0.1, 0.15) is 17.5 Å². The van der Waals surface area contributed by atoms with E-state index in [1.807, 2.05) is 77.4 Å². The molecule has 1 aliphatic heterocycles. The summed E-state index contributed by atoms with van der Waals surface area (Å²) in [6, 6.07) is 32.3. The number of nitro groups is 1. The number of hydrogen-bond acceptors (Lipinski definition) is 9. The van der Waals surface area contributed by atoms with Gasteiger partial charge in [0.2, 0.25) is 0 Å². The molecule has 0 radical (unpaired) electrons. The van der Waals surface area contributed by atoms with Gasteiger partial charge in [-0.05, 0) is 67.4 Å². The van der Waals surface area contributed by atoms with Gasteiger partial charge >= 0.3 is 5.97 Å². The van der Waals surface area contributed by atoms with Gasteiger partial charge in [-0.15, -0.1) is 0 Å². The monoisotopic (exact) mass is 726 g/mol. The largest absolute Gasteiger partial charge is 0.497 e. The number of hydrogen-bond donors (Lipinski definition) is 0. The third-order valence-corrected chi connectivity index (χ3v) is 9.98. The van der Waals surface area contributed by atoms with Crippen molar-refractivity contribution in [3.63, 3.8) is 0 Å². The summed E-state index contributed by atoms with van der Waals surface area (Å²) in [5.41, 5.74) is 5.60. The minimum absolute atomic E-state index is 0.0236. The van der Waals surface area contributed by atoms with Crippen LogP contribution in [0.1, 0.15) is 31.0 Å². The minimum Gasteiger partial charge on any atom is -0.497 e. The van der Waals surface area contributed by atoms with Crippen LogP contribution >= 0.6 is 11.3 Å². The Hall–Kier alpha value is -6.53. The summed E-state index contributed by atoms with van der Waals surface area (Å²) in [7, 11) is 3.07. The third-order valence-electron chi connectivity index (χ3n) is 9.00. The van der Waals surface area contributed by atoms with Crippen molar-refractivity contribution in [1.29, 1.82) is 0 Å². The fraction of sp³-hybridized carbons (Fsp3) is 0.146. The highest BCUT2D eigenvalue weighted by atomic mass is 32.1. The van der Waals surface area contributed by atoms with Crippen molar-refractivity contribution in [2.45, 2.75) is 19.9 Å². The molecule has 0 N–H and O–H groups in total. The van der Waals surface area contributed by atoms with Crippen molar-refractivity contribution in [2.24, 2.45) is 4.99 Å². The van der Waals surface area contributed by atoms with Gasteiger partial charge in [0.15, 0.2) is 4.80 Å². The molecule has 1 aliphatic rings. The molecule has 0 spiro atoms. The van der Waals surface area contributed by atoms with Crippen LogP contribution in [0.15, 0.2) is 130 Å². The van der Waals surface area contributed by atoms with Crippen LogP contribution in [0, 0.1) is 10.1 Å². The number of benzene rings is 4. The maximum atomic E-state index is 14.7. The van der Waals surface area contributed by atoms with E-state index in [0.29, 0.717) is 37.8 Å². The number of fused-ring (bicyclic) bond motifs is 1. The number of allylic oxidation sites excluding steroid dienone is 1. The standard InChI is InChI=1S/C41H34N4O7S/c1-5-52-40(47)36-25(2)42-41-44(38(36)32-24-31(50-3)20-21-34(32)51-4)39(46)35(53-41)23-28-22-33(26-12-8-6-9-13-26)43(37(28)27-14-10-7-11-15-27)29-16-18-30(19-17-29)45(48)49/h6-24,38H,5H2,1-4H3/b35-23-/t38-/m1/s1. The summed E-state index contributed by atoms with van der Waals surface area (Å²) in [4.78, 5) is 44.6. The van der Waals surface area contributed by atoms with E-state index in [2.05, 4.69) is 0 Å². The summed E-state index contributed by atoms with van der Waals surface area (Å²) in [5, 5.41) is 11.6. The smallest absolute Gasteiger partial charge is 0.338 e. The zero-order chi connectivity index (χ0) is 37.2. The number of non-ortho nitro benzene ring substituents is 1. The van der Waals surface area contributed by atoms with Crippen molar-refractivity contribution >= 4 is 29.1 Å². The van der Waals surface area contributed by atoms with Crippen LogP contribution in [-0.2, 0) is 9.53 Å². The van der Waals surface area contributed by atoms with Gasteiger partial charge in [0.05, 0.1) is 52.9 Å². The molecule has 53 heavy (non-hydrogen) atoms. The topological polar surface area (TPSA) is 127 Å². The van der Waals surface area contributed by atoms with Gasteiger partial charge in [-0.25, -0.2) is 9.79 Å². The van der Waals surface area contributed by atoms with E-state index < -0.39 is 16.9 Å². The third kappa shape index (κ3) is 6.44. The van der Waals surface area contributed by atoms with Crippen molar-refractivity contribution in [2.75, 3.05) is 20.8 Å². The highest BCUT2D eigenvalue weighted by Crippen LogP contribution is 2.39.